The number of benzene rings is 2. The molecule has 1 N–H and O–H groups in total. The normalized spacial score (nSPS) is 12.4. The van der Waals surface area contributed by atoms with Crippen LogP contribution in [0.2, 0.25) is 0 Å². The lowest BCUT2D eigenvalue weighted by atomic mass is 10.1. The highest BCUT2D eigenvalue weighted by Crippen LogP contribution is 2.26. The summed E-state index contributed by atoms with van der Waals surface area (Å²) in [4.78, 5) is 12.6. The maximum Gasteiger partial charge on any atom is 0.243 e. The Morgan fingerprint density at radius 3 is 2.12 bits per heavy atom. The van der Waals surface area contributed by atoms with Crippen LogP contribution in [0.1, 0.15) is 52.1 Å². The number of para-hydroxylation sites is 2. The number of carbonyl (C=O) groups is 1. The summed E-state index contributed by atoms with van der Waals surface area (Å²) in [6.07, 6.45) is 0.898. The first-order valence-electron chi connectivity index (χ1n) is 11.1. The van der Waals surface area contributed by atoms with Gasteiger partial charge in [-0.3, -0.25) is 4.79 Å². The molecule has 1 amide bonds. The molecule has 0 spiro atoms. The summed E-state index contributed by atoms with van der Waals surface area (Å²) in [5, 5.41) is 2.95. The number of sulfonamides is 1. The Labute approximate surface area is 191 Å². The summed E-state index contributed by atoms with van der Waals surface area (Å²) < 4.78 is 37.9. The zero-order valence-electron chi connectivity index (χ0n) is 19.3. The number of ether oxygens (including phenoxy) is 2. The predicted octanol–water partition coefficient (Wildman–Crippen LogP) is 4.15. The minimum atomic E-state index is -3.49. The van der Waals surface area contributed by atoms with Gasteiger partial charge in [0.15, 0.2) is 11.5 Å². The molecule has 7 nitrogen and oxygen atoms in total. The van der Waals surface area contributed by atoms with Crippen LogP contribution in [0.25, 0.3) is 0 Å². The van der Waals surface area contributed by atoms with E-state index in [1.54, 1.807) is 24.3 Å². The summed E-state index contributed by atoms with van der Waals surface area (Å²) in [5.74, 6) is 1.28. The highest BCUT2D eigenvalue weighted by Gasteiger charge is 2.21. The van der Waals surface area contributed by atoms with Crippen LogP contribution in [0, 0.1) is 0 Å². The lowest BCUT2D eigenvalue weighted by Crippen LogP contribution is -2.30. The SMILES string of the molecule is CCOc1ccccc1OCCCC(=O)NC(C)c1ccc(S(=O)(=O)N(CC)CC)cc1. The van der Waals surface area contributed by atoms with Crippen molar-refractivity contribution in [2.45, 2.75) is 51.5 Å². The minimum absolute atomic E-state index is 0.0842. The molecule has 0 bridgehead atoms. The average Bonchev–Trinajstić information content (AvgIpc) is 2.78. The second kappa shape index (κ2) is 12.5. The zero-order valence-corrected chi connectivity index (χ0v) is 20.2. The molecule has 0 aliphatic rings. The third kappa shape index (κ3) is 6.97. The van der Waals surface area contributed by atoms with Gasteiger partial charge in [0.1, 0.15) is 0 Å². The first-order valence-corrected chi connectivity index (χ1v) is 12.5. The lowest BCUT2D eigenvalue weighted by Gasteiger charge is -2.19. The van der Waals surface area contributed by atoms with Crippen molar-refractivity contribution in [2.75, 3.05) is 26.3 Å². The van der Waals surface area contributed by atoms with Crippen LogP contribution < -0.4 is 14.8 Å². The number of amides is 1. The largest absolute Gasteiger partial charge is 0.490 e. The van der Waals surface area contributed by atoms with Crippen molar-refractivity contribution in [2.24, 2.45) is 0 Å². The van der Waals surface area contributed by atoms with Gasteiger partial charge in [-0.15, -0.1) is 0 Å². The first-order chi connectivity index (χ1) is 15.3. The molecule has 2 aromatic carbocycles. The quantitative estimate of drug-likeness (QED) is 0.452. The molecular weight excluding hydrogens is 428 g/mol. The second-order valence-electron chi connectivity index (χ2n) is 7.28. The van der Waals surface area contributed by atoms with Crippen molar-refractivity contribution in [1.82, 2.24) is 9.62 Å². The molecule has 0 aliphatic heterocycles. The maximum atomic E-state index is 12.6. The van der Waals surface area contributed by atoms with E-state index in [9.17, 15) is 13.2 Å². The highest BCUT2D eigenvalue weighted by molar-refractivity contribution is 7.89. The van der Waals surface area contributed by atoms with E-state index in [2.05, 4.69) is 5.32 Å². The smallest absolute Gasteiger partial charge is 0.243 e. The molecule has 0 aliphatic carbocycles. The van der Waals surface area contributed by atoms with E-state index in [0.717, 1.165) is 5.56 Å². The average molecular weight is 463 g/mol. The van der Waals surface area contributed by atoms with Gasteiger partial charge in [-0.2, -0.15) is 4.31 Å². The van der Waals surface area contributed by atoms with E-state index in [1.165, 1.54) is 4.31 Å². The fourth-order valence-electron chi connectivity index (χ4n) is 3.30. The maximum absolute atomic E-state index is 12.6. The molecular formula is C24H34N2O5S. The second-order valence-corrected chi connectivity index (χ2v) is 9.22. The van der Waals surface area contributed by atoms with Crippen LogP contribution in [-0.2, 0) is 14.8 Å². The number of nitrogens with zero attached hydrogens (tertiary/aromatic N) is 1. The van der Waals surface area contributed by atoms with Gasteiger partial charge in [0.2, 0.25) is 15.9 Å². The van der Waals surface area contributed by atoms with Crippen LogP contribution >= 0.6 is 0 Å². The summed E-state index contributed by atoms with van der Waals surface area (Å²) >= 11 is 0. The molecule has 0 saturated carbocycles. The third-order valence-electron chi connectivity index (χ3n) is 5.06. The van der Waals surface area contributed by atoms with Crippen molar-refractivity contribution in [3.05, 3.63) is 54.1 Å². The summed E-state index contributed by atoms with van der Waals surface area (Å²) in [7, 11) is -3.49. The molecule has 1 atom stereocenters. The number of hydrogen-bond donors (Lipinski definition) is 1. The van der Waals surface area contributed by atoms with Gasteiger partial charge < -0.3 is 14.8 Å². The molecule has 0 radical (unpaired) electrons. The van der Waals surface area contributed by atoms with Gasteiger partial charge in [0.05, 0.1) is 24.2 Å². The number of hydrogen-bond acceptors (Lipinski definition) is 5. The highest BCUT2D eigenvalue weighted by atomic mass is 32.2. The third-order valence-corrected chi connectivity index (χ3v) is 7.12. The molecule has 0 heterocycles. The van der Waals surface area contributed by atoms with Crippen molar-refractivity contribution >= 4 is 15.9 Å². The summed E-state index contributed by atoms with van der Waals surface area (Å²) in [6, 6.07) is 13.9. The lowest BCUT2D eigenvalue weighted by molar-refractivity contribution is -0.121. The number of rotatable bonds is 13. The van der Waals surface area contributed by atoms with Crippen LogP contribution in [0.4, 0.5) is 0 Å². The minimum Gasteiger partial charge on any atom is -0.490 e. The Morgan fingerprint density at radius 1 is 0.969 bits per heavy atom. The van der Waals surface area contributed by atoms with Gasteiger partial charge >= 0.3 is 0 Å². The Hall–Kier alpha value is -2.58. The van der Waals surface area contributed by atoms with Gasteiger partial charge in [0, 0.05) is 19.5 Å². The molecule has 32 heavy (non-hydrogen) atoms. The summed E-state index contributed by atoms with van der Waals surface area (Å²) in [6.45, 7) is 9.24. The molecule has 0 fully saturated rings. The molecule has 8 heteroatoms. The molecule has 2 rings (SSSR count). The van der Waals surface area contributed by atoms with E-state index in [4.69, 9.17) is 9.47 Å². The van der Waals surface area contributed by atoms with Crippen molar-refractivity contribution in [1.29, 1.82) is 0 Å². The Bertz CT molecular complexity index is 957. The Morgan fingerprint density at radius 2 is 1.56 bits per heavy atom. The van der Waals surface area contributed by atoms with E-state index >= 15 is 0 Å². The topological polar surface area (TPSA) is 84.9 Å². The molecule has 2 aromatic rings. The zero-order chi connectivity index (χ0) is 23.6. The van der Waals surface area contributed by atoms with Crippen LogP contribution in [0.5, 0.6) is 11.5 Å². The number of nitrogens with one attached hydrogen (secondary N) is 1. The van der Waals surface area contributed by atoms with E-state index in [0.29, 0.717) is 50.6 Å². The van der Waals surface area contributed by atoms with Crippen LogP contribution in [0.3, 0.4) is 0 Å². The van der Waals surface area contributed by atoms with Crippen molar-refractivity contribution in [3.8, 4) is 11.5 Å². The fourth-order valence-corrected chi connectivity index (χ4v) is 4.76. The first kappa shape index (κ1) is 25.7. The number of carbonyl (C=O) groups excluding carboxylic acids is 1. The van der Waals surface area contributed by atoms with E-state index < -0.39 is 10.0 Å². The Kier molecular flexibility index (Phi) is 9.99. The van der Waals surface area contributed by atoms with Gasteiger partial charge in [0.25, 0.3) is 0 Å². The van der Waals surface area contributed by atoms with Crippen LogP contribution in [-0.4, -0.2) is 44.9 Å². The monoisotopic (exact) mass is 462 g/mol. The van der Waals surface area contributed by atoms with Gasteiger partial charge in [-0.25, -0.2) is 8.42 Å². The summed E-state index contributed by atoms with van der Waals surface area (Å²) in [5.41, 5.74) is 0.846. The molecule has 1 unspecified atom stereocenters. The van der Waals surface area contributed by atoms with Crippen molar-refractivity contribution < 1.29 is 22.7 Å². The predicted molar refractivity (Wildman–Crippen MR) is 125 cm³/mol. The molecule has 0 aromatic heterocycles. The van der Waals surface area contributed by atoms with Crippen molar-refractivity contribution in [3.63, 3.8) is 0 Å². The molecule has 176 valence electrons. The standard InChI is InChI=1S/C24H34N2O5S/c1-5-26(6-2)32(28,29)21-16-14-20(15-17-21)19(4)25-24(27)13-10-18-31-23-12-9-8-11-22(23)30-7-3/h8-9,11-12,14-17,19H,5-7,10,13,18H2,1-4H3,(H,25,27). The van der Waals surface area contributed by atoms with E-state index in [1.807, 2.05) is 52.0 Å². The van der Waals surface area contributed by atoms with Gasteiger partial charge in [-0.1, -0.05) is 38.1 Å². The Balaban J connectivity index is 1.84. The van der Waals surface area contributed by atoms with Crippen LogP contribution in [0.15, 0.2) is 53.4 Å². The van der Waals surface area contributed by atoms with E-state index in [-0.39, 0.29) is 16.8 Å². The van der Waals surface area contributed by atoms with Gasteiger partial charge in [-0.05, 0) is 50.1 Å². The molecule has 0 saturated heterocycles. The fraction of sp³-hybridized carbons (Fsp3) is 0.458.